The van der Waals surface area contributed by atoms with Crippen molar-refractivity contribution in [2.45, 2.75) is 32.6 Å². The SMILES string of the molecule is CC(C)(O)COc1ccccc1CNC(=O)OCc1ccccc1. The Morgan fingerprint density at radius 2 is 1.75 bits per heavy atom. The molecule has 0 atom stereocenters. The summed E-state index contributed by atoms with van der Waals surface area (Å²) >= 11 is 0. The molecule has 2 aromatic rings. The summed E-state index contributed by atoms with van der Waals surface area (Å²) in [6, 6.07) is 16.9. The number of benzene rings is 2. The van der Waals surface area contributed by atoms with Crippen molar-refractivity contribution in [2.24, 2.45) is 0 Å². The Morgan fingerprint density at radius 1 is 1.08 bits per heavy atom. The average Bonchev–Trinajstić information content (AvgIpc) is 2.57. The third-order valence-corrected chi connectivity index (χ3v) is 3.19. The zero-order valence-electron chi connectivity index (χ0n) is 14.0. The first kappa shape index (κ1) is 17.8. The van der Waals surface area contributed by atoms with Crippen LogP contribution < -0.4 is 10.1 Å². The minimum Gasteiger partial charge on any atom is -0.490 e. The van der Waals surface area contributed by atoms with Gasteiger partial charge < -0.3 is 19.9 Å². The fourth-order valence-corrected chi connectivity index (χ4v) is 1.99. The van der Waals surface area contributed by atoms with E-state index in [1.165, 1.54) is 0 Å². The van der Waals surface area contributed by atoms with Gasteiger partial charge in [0, 0.05) is 12.1 Å². The van der Waals surface area contributed by atoms with E-state index in [1.54, 1.807) is 19.9 Å². The Kier molecular flexibility index (Phi) is 6.21. The van der Waals surface area contributed by atoms with Gasteiger partial charge in [-0.1, -0.05) is 48.5 Å². The van der Waals surface area contributed by atoms with E-state index in [4.69, 9.17) is 9.47 Å². The largest absolute Gasteiger partial charge is 0.490 e. The van der Waals surface area contributed by atoms with Crippen molar-refractivity contribution >= 4 is 6.09 Å². The summed E-state index contributed by atoms with van der Waals surface area (Å²) in [4.78, 5) is 11.8. The normalized spacial score (nSPS) is 11.0. The highest BCUT2D eigenvalue weighted by molar-refractivity contribution is 5.67. The monoisotopic (exact) mass is 329 g/mol. The summed E-state index contributed by atoms with van der Waals surface area (Å²) in [7, 11) is 0. The van der Waals surface area contributed by atoms with Crippen LogP contribution in [0.1, 0.15) is 25.0 Å². The van der Waals surface area contributed by atoms with E-state index in [-0.39, 0.29) is 19.8 Å². The van der Waals surface area contributed by atoms with Gasteiger partial charge in [0.2, 0.25) is 0 Å². The molecule has 0 saturated heterocycles. The molecular weight excluding hydrogens is 306 g/mol. The summed E-state index contributed by atoms with van der Waals surface area (Å²) in [5, 5.41) is 12.5. The van der Waals surface area contributed by atoms with Gasteiger partial charge in [0.05, 0.1) is 5.60 Å². The summed E-state index contributed by atoms with van der Waals surface area (Å²) in [6.45, 7) is 4.03. The minimum atomic E-state index is -0.921. The van der Waals surface area contributed by atoms with Gasteiger partial charge in [0.1, 0.15) is 19.0 Å². The quantitative estimate of drug-likeness (QED) is 0.818. The van der Waals surface area contributed by atoms with Crippen LogP contribution in [-0.4, -0.2) is 23.4 Å². The summed E-state index contributed by atoms with van der Waals surface area (Å²) in [5.74, 6) is 0.628. The smallest absolute Gasteiger partial charge is 0.407 e. The minimum absolute atomic E-state index is 0.169. The number of carbonyl (C=O) groups excluding carboxylic acids is 1. The van der Waals surface area contributed by atoms with Crippen molar-refractivity contribution in [2.75, 3.05) is 6.61 Å². The van der Waals surface area contributed by atoms with Crippen molar-refractivity contribution in [3.05, 3.63) is 65.7 Å². The molecule has 0 fully saturated rings. The van der Waals surface area contributed by atoms with E-state index >= 15 is 0 Å². The number of carbonyl (C=O) groups is 1. The molecule has 0 aliphatic heterocycles. The molecule has 0 aliphatic carbocycles. The zero-order valence-corrected chi connectivity index (χ0v) is 14.0. The molecule has 5 nitrogen and oxygen atoms in total. The number of aliphatic hydroxyl groups is 1. The molecule has 2 aromatic carbocycles. The fraction of sp³-hybridized carbons (Fsp3) is 0.316. The molecule has 0 heterocycles. The zero-order chi connectivity index (χ0) is 17.4. The Hall–Kier alpha value is -2.53. The lowest BCUT2D eigenvalue weighted by molar-refractivity contribution is 0.0281. The maximum absolute atomic E-state index is 11.8. The van der Waals surface area contributed by atoms with E-state index in [2.05, 4.69) is 5.32 Å². The van der Waals surface area contributed by atoms with Gasteiger partial charge in [-0.3, -0.25) is 0 Å². The van der Waals surface area contributed by atoms with E-state index in [1.807, 2.05) is 48.5 Å². The maximum atomic E-state index is 11.8. The van der Waals surface area contributed by atoms with Crippen LogP contribution in [0.3, 0.4) is 0 Å². The molecule has 0 aliphatic rings. The van der Waals surface area contributed by atoms with Crippen LogP contribution in [0.2, 0.25) is 0 Å². The van der Waals surface area contributed by atoms with Crippen LogP contribution in [0, 0.1) is 0 Å². The number of alkyl carbamates (subject to hydrolysis) is 1. The van der Waals surface area contributed by atoms with Crippen LogP contribution in [-0.2, 0) is 17.9 Å². The molecule has 128 valence electrons. The Labute approximate surface area is 142 Å². The third-order valence-electron chi connectivity index (χ3n) is 3.19. The number of nitrogens with one attached hydrogen (secondary N) is 1. The second kappa shape index (κ2) is 8.36. The van der Waals surface area contributed by atoms with Gasteiger partial charge in [-0.25, -0.2) is 4.79 Å². The van der Waals surface area contributed by atoms with Gasteiger partial charge in [-0.2, -0.15) is 0 Å². The van der Waals surface area contributed by atoms with Crippen LogP contribution in [0.15, 0.2) is 54.6 Å². The van der Waals surface area contributed by atoms with Crippen molar-refractivity contribution in [3.63, 3.8) is 0 Å². The van der Waals surface area contributed by atoms with Crippen molar-refractivity contribution in [1.29, 1.82) is 0 Å². The van der Waals surface area contributed by atoms with Gasteiger partial charge in [-0.15, -0.1) is 0 Å². The Bertz CT molecular complexity index is 650. The molecule has 0 spiro atoms. The van der Waals surface area contributed by atoms with E-state index in [9.17, 15) is 9.90 Å². The number of hydrogen-bond donors (Lipinski definition) is 2. The molecule has 0 radical (unpaired) electrons. The number of hydrogen-bond acceptors (Lipinski definition) is 4. The van der Waals surface area contributed by atoms with Crippen LogP contribution in [0.25, 0.3) is 0 Å². The van der Waals surface area contributed by atoms with Gasteiger partial charge in [-0.05, 0) is 25.5 Å². The molecular formula is C19H23NO4. The van der Waals surface area contributed by atoms with Crippen LogP contribution >= 0.6 is 0 Å². The van der Waals surface area contributed by atoms with E-state index in [0.29, 0.717) is 5.75 Å². The van der Waals surface area contributed by atoms with Crippen LogP contribution in [0.5, 0.6) is 5.75 Å². The van der Waals surface area contributed by atoms with Crippen molar-refractivity contribution in [1.82, 2.24) is 5.32 Å². The topological polar surface area (TPSA) is 67.8 Å². The van der Waals surface area contributed by atoms with Gasteiger partial charge in [0.25, 0.3) is 0 Å². The van der Waals surface area contributed by atoms with Crippen molar-refractivity contribution in [3.8, 4) is 5.75 Å². The van der Waals surface area contributed by atoms with E-state index < -0.39 is 11.7 Å². The first-order valence-corrected chi connectivity index (χ1v) is 7.82. The molecule has 0 saturated carbocycles. The number of amides is 1. The summed E-state index contributed by atoms with van der Waals surface area (Å²) in [5.41, 5.74) is 0.828. The Balaban J connectivity index is 1.84. The molecule has 2 rings (SSSR count). The summed E-state index contributed by atoms with van der Waals surface area (Å²) in [6.07, 6.45) is -0.490. The highest BCUT2D eigenvalue weighted by Crippen LogP contribution is 2.19. The fourth-order valence-electron chi connectivity index (χ4n) is 1.99. The Morgan fingerprint density at radius 3 is 2.46 bits per heavy atom. The third kappa shape index (κ3) is 6.30. The van der Waals surface area contributed by atoms with E-state index in [0.717, 1.165) is 11.1 Å². The second-order valence-corrected chi connectivity index (χ2v) is 6.12. The molecule has 5 heteroatoms. The lowest BCUT2D eigenvalue weighted by Crippen LogP contribution is -2.28. The van der Waals surface area contributed by atoms with Crippen LogP contribution in [0.4, 0.5) is 4.79 Å². The predicted molar refractivity (Wildman–Crippen MR) is 91.7 cm³/mol. The highest BCUT2D eigenvalue weighted by Gasteiger charge is 2.15. The standard InChI is InChI=1S/C19H23NO4/c1-19(2,22)14-24-17-11-7-6-10-16(17)12-20-18(21)23-13-15-8-4-3-5-9-15/h3-11,22H,12-14H2,1-2H3,(H,20,21). The molecule has 2 N–H and O–H groups in total. The number of para-hydroxylation sites is 1. The lowest BCUT2D eigenvalue weighted by Gasteiger charge is -2.19. The lowest BCUT2D eigenvalue weighted by atomic mass is 10.1. The molecule has 24 heavy (non-hydrogen) atoms. The second-order valence-electron chi connectivity index (χ2n) is 6.12. The molecule has 0 bridgehead atoms. The van der Waals surface area contributed by atoms with Gasteiger partial charge >= 0.3 is 6.09 Å². The predicted octanol–water partition coefficient (Wildman–Crippen LogP) is 3.26. The average molecular weight is 329 g/mol. The number of rotatable bonds is 7. The molecule has 1 amide bonds. The highest BCUT2D eigenvalue weighted by atomic mass is 16.5. The van der Waals surface area contributed by atoms with Crippen molar-refractivity contribution < 1.29 is 19.4 Å². The first-order chi connectivity index (χ1) is 11.4. The first-order valence-electron chi connectivity index (χ1n) is 7.82. The number of ether oxygens (including phenoxy) is 2. The maximum Gasteiger partial charge on any atom is 0.407 e. The van der Waals surface area contributed by atoms with Gasteiger partial charge in [0.15, 0.2) is 0 Å². The summed E-state index contributed by atoms with van der Waals surface area (Å²) < 4.78 is 10.8. The molecule has 0 unspecified atom stereocenters. The molecule has 0 aromatic heterocycles.